The third kappa shape index (κ3) is 6.11. The Morgan fingerprint density at radius 1 is 0.920 bits per heavy atom. The highest BCUT2D eigenvalue weighted by atomic mass is 32.2. The van der Waals surface area contributed by atoms with Crippen molar-refractivity contribution in [1.29, 1.82) is 0 Å². The maximum absolute atomic E-state index is 12.0. The number of hydrogen-bond donors (Lipinski definition) is 3. The average molecular weight is 359 g/mol. The van der Waals surface area contributed by atoms with E-state index in [1.165, 1.54) is 37.3 Å². The van der Waals surface area contributed by atoms with Crippen LogP contribution in [0.1, 0.15) is 22.8 Å². The zero-order valence-corrected chi connectivity index (χ0v) is 14.2. The topological polar surface area (TPSA) is 104 Å². The van der Waals surface area contributed by atoms with E-state index in [0.29, 0.717) is 5.69 Å². The average Bonchev–Trinajstić information content (AvgIpc) is 2.59. The summed E-state index contributed by atoms with van der Waals surface area (Å²) in [7, 11) is -3.68. The molecule has 0 saturated heterocycles. The molecule has 0 aliphatic heterocycles. The number of rotatable bonds is 5. The Bertz CT molecular complexity index is 876. The van der Waals surface area contributed by atoms with Crippen LogP contribution in [0, 0.1) is 0 Å². The molecule has 2 aromatic rings. The number of carbonyl (C=O) groups is 2. The van der Waals surface area contributed by atoms with Gasteiger partial charge in [0.05, 0.1) is 5.41 Å². The minimum absolute atomic E-state index is 0.275. The number of carbonyl (C=O) groups excluding carboxylic acids is 2. The maximum Gasteiger partial charge on any atom is 0.269 e. The lowest BCUT2D eigenvalue weighted by Gasteiger charge is -2.07. The summed E-state index contributed by atoms with van der Waals surface area (Å²) in [4.78, 5) is 22.5. The Balaban J connectivity index is 2.01. The zero-order valence-electron chi connectivity index (χ0n) is 13.4. The second-order valence-electron chi connectivity index (χ2n) is 5.07. The SMILES string of the molecule is CC(=O)NNC(=O)c1ccc(NS(=O)(=O)/C=C/c2ccccc2)cc1. The van der Waals surface area contributed by atoms with Gasteiger partial charge in [0.2, 0.25) is 5.91 Å². The third-order valence-electron chi connectivity index (χ3n) is 3.00. The van der Waals surface area contributed by atoms with Crippen LogP contribution in [0.2, 0.25) is 0 Å². The second kappa shape index (κ2) is 8.11. The molecule has 3 N–H and O–H groups in total. The largest absolute Gasteiger partial charge is 0.280 e. The summed E-state index contributed by atoms with van der Waals surface area (Å²) in [5.41, 5.74) is 5.74. The van der Waals surface area contributed by atoms with E-state index >= 15 is 0 Å². The maximum atomic E-state index is 12.0. The lowest BCUT2D eigenvalue weighted by Crippen LogP contribution is -2.40. The summed E-state index contributed by atoms with van der Waals surface area (Å²) < 4.78 is 26.5. The molecule has 2 amide bonds. The Hall–Kier alpha value is -3.13. The molecule has 0 saturated carbocycles. The smallest absolute Gasteiger partial charge is 0.269 e. The van der Waals surface area contributed by atoms with Crippen molar-refractivity contribution in [3.05, 3.63) is 71.1 Å². The van der Waals surface area contributed by atoms with Gasteiger partial charge in [-0.1, -0.05) is 30.3 Å². The van der Waals surface area contributed by atoms with Crippen molar-refractivity contribution in [2.75, 3.05) is 4.72 Å². The number of amides is 2. The Morgan fingerprint density at radius 3 is 2.16 bits per heavy atom. The van der Waals surface area contributed by atoms with Crippen LogP contribution in [0.5, 0.6) is 0 Å². The van der Waals surface area contributed by atoms with Gasteiger partial charge in [-0.3, -0.25) is 25.2 Å². The number of nitrogens with one attached hydrogen (secondary N) is 3. The first-order chi connectivity index (χ1) is 11.9. The van der Waals surface area contributed by atoms with Crippen molar-refractivity contribution in [3.63, 3.8) is 0 Å². The molecule has 7 nitrogen and oxygen atoms in total. The van der Waals surface area contributed by atoms with Gasteiger partial charge in [-0.15, -0.1) is 0 Å². The molecule has 0 bridgehead atoms. The van der Waals surface area contributed by atoms with E-state index in [9.17, 15) is 18.0 Å². The Kier molecular flexibility index (Phi) is 5.91. The van der Waals surface area contributed by atoms with Gasteiger partial charge in [0.1, 0.15) is 0 Å². The minimum Gasteiger partial charge on any atom is -0.280 e. The molecular formula is C17H17N3O4S. The van der Waals surface area contributed by atoms with E-state index in [1.54, 1.807) is 12.1 Å². The zero-order chi connectivity index (χ0) is 18.3. The Labute approximate surface area is 145 Å². The second-order valence-corrected chi connectivity index (χ2v) is 6.64. The van der Waals surface area contributed by atoms with Gasteiger partial charge in [0.25, 0.3) is 15.9 Å². The predicted octanol–water partition coefficient (Wildman–Crippen LogP) is 1.88. The van der Waals surface area contributed by atoms with Crippen LogP contribution in [-0.2, 0) is 14.8 Å². The highest BCUT2D eigenvalue weighted by Gasteiger charge is 2.08. The van der Waals surface area contributed by atoms with Crippen molar-refractivity contribution in [1.82, 2.24) is 10.9 Å². The molecule has 0 aliphatic carbocycles. The fourth-order valence-electron chi connectivity index (χ4n) is 1.84. The van der Waals surface area contributed by atoms with Crippen molar-refractivity contribution >= 4 is 33.6 Å². The van der Waals surface area contributed by atoms with Crippen LogP contribution in [0.4, 0.5) is 5.69 Å². The molecule has 0 atom stereocenters. The molecule has 0 radical (unpaired) electrons. The number of hydrogen-bond acceptors (Lipinski definition) is 4. The van der Waals surface area contributed by atoms with Gasteiger partial charge in [0, 0.05) is 18.2 Å². The fraction of sp³-hybridized carbons (Fsp3) is 0.0588. The van der Waals surface area contributed by atoms with Gasteiger partial charge in [-0.25, -0.2) is 8.42 Å². The lowest BCUT2D eigenvalue weighted by molar-refractivity contribution is -0.119. The van der Waals surface area contributed by atoms with Crippen LogP contribution in [0.3, 0.4) is 0 Å². The minimum atomic E-state index is -3.68. The highest BCUT2D eigenvalue weighted by Crippen LogP contribution is 2.13. The molecule has 0 heterocycles. The molecule has 0 aromatic heterocycles. The van der Waals surface area contributed by atoms with Crippen molar-refractivity contribution < 1.29 is 18.0 Å². The summed E-state index contributed by atoms with van der Waals surface area (Å²) in [5.74, 6) is -0.906. The summed E-state index contributed by atoms with van der Waals surface area (Å²) in [6.45, 7) is 1.27. The molecule has 2 aromatic carbocycles. The lowest BCUT2D eigenvalue weighted by atomic mass is 10.2. The molecule has 2 rings (SSSR count). The quantitative estimate of drug-likeness (QED) is 0.709. The van der Waals surface area contributed by atoms with Gasteiger partial charge in [0.15, 0.2) is 0 Å². The summed E-state index contributed by atoms with van der Waals surface area (Å²) in [6.07, 6.45) is 1.48. The van der Waals surface area contributed by atoms with Crippen molar-refractivity contribution in [2.45, 2.75) is 6.92 Å². The predicted molar refractivity (Wildman–Crippen MR) is 95.7 cm³/mol. The normalized spacial score (nSPS) is 11.1. The molecule has 0 unspecified atom stereocenters. The molecule has 0 aliphatic rings. The third-order valence-corrected chi connectivity index (χ3v) is 4.01. The Morgan fingerprint density at radius 2 is 1.56 bits per heavy atom. The fourth-order valence-corrected chi connectivity index (χ4v) is 2.71. The van der Waals surface area contributed by atoms with E-state index in [0.717, 1.165) is 11.0 Å². The number of benzene rings is 2. The number of sulfonamides is 1. The van der Waals surface area contributed by atoms with Crippen LogP contribution in [-0.4, -0.2) is 20.2 Å². The molecule has 8 heteroatoms. The highest BCUT2D eigenvalue weighted by molar-refractivity contribution is 7.95. The van der Waals surface area contributed by atoms with Gasteiger partial charge >= 0.3 is 0 Å². The summed E-state index contributed by atoms with van der Waals surface area (Å²) in [5, 5.41) is 1.07. The first kappa shape index (κ1) is 18.2. The molecular weight excluding hydrogens is 342 g/mol. The van der Waals surface area contributed by atoms with Crippen LogP contribution >= 0.6 is 0 Å². The van der Waals surface area contributed by atoms with Crippen LogP contribution in [0.15, 0.2) is 60.0 Å². The monoisotopic (exact) mass is 359 g/mol. The van der Waals surface area contributed by atoms with Crippen molar-refractivity contribution in [2.24, 2.45) is 0 Å². The summed E-state index contributed by atoms with van der Waals surface area (Å²) in [6, 6.07) is 14.8. The molecule has 0 spiro atoms. The molecule has 0 fully saturated rings. The number of hydrazine groups is 1. The van der Waals surface area contributed by atoms with E-state index in [-0.39, 0.29) is 5.56 Å². The molecule has 25 heavy (non-hydrogen) atoms. The first-order valence-electron chi connectivity index (χ1n) is 7.29. The van der Waals surface area contributed by atoms with E-state index in [4.69, 9.17) is 0 Å². The van der Waals surface area contributed by atoms with E-state index < -0.39 is 21.8 Å². The van der Waals surface area contributed by atoms with Gasteiger partial charge in [-0.2, -0.15) is 0 Å². The van der Waals surface area contributed by atoms with Crippen molar-refractivity contribution in [3.8, 4) is 0 Å². The van der Waals surface area contributed by atoms with Gasteiger partial charge < -0.3 is 0 Å². The number of anilines is 1. The standard InChI is InChI=1S/C17H17N3O4S/c1-13(21)18-19-17(22)15-7-9-16(10-8-15)20-25(23,24)12-11-14-5-3-2-4-6-14/h2-12,20H,1H3,(H,18,21)(H,19,22)/b12-11+. The van der Waals surface area contributed by atoms with Gasteiger partial charge in [-0.05, 0) is 35.9 Å². The van der Waals surface area contributed by atoms with Crippen LogP contribution < -0.4 is 15.6 Å². The summed E-state index contributed by atoms with van der Waals surface area (Å²) >= 11 is 0. The first-order valence-corrected chi connectivity index (χ1v) is 8.83. The molecule has 130 valence electrons. The van der Waals surface area contributed by atoms with E-state index in [1.807, 2.05) is 18.2 Å². The van der Waals surface area contributed by atoms with Crippen LogP contribution in [0.25, 0.3) is 6.08 Å². The van der Waals surface area contributed by atoms with E-state index in [2.05, 4.69) is 15.6 Å².